The molecule has 1 amide bonds. The van der Waals surface area contributed by atoms with Gasteiger partial charge in [-0.15, -0.1) is 0 Å². The molecule has 2 rings (SSSR count). The molecule has 0 aromatic heterocycles. The van der Waals surface area contributed by atoms with E-state index in [1.54, 1.807) is 0 Å². The Morgan fingerprint density at radius 3 is 2.50 bits per heavy atom. The second kappa shape index (κ2) is 5.41. The van der Waals surface area contributed by atoms with Crippen molar-refractivity contribution >= 4 is 21.8 Å². The van der Waals surface area contributed by atoms with Crippen LogP contribution in [0.5, 0.6) is 0 Å². The number of carbonyl (C=O) groups excluding carboxylic acids is 1. The molecule has 0 bridgehead atoms. The average molecular weight is 311 g/mol. The van der Waals surface area contributed by atoms with E-state index in [2.05, 4.69) is 28.1 Å². The lowest BCUT2D eigenvalue weighted by molar-refractivity contribution is -0.135. The molecular weight excluding hydrogens is 292 g/mol. The topological polar surface area (TPSA) is 46.3 Å². The lowest BCUT2D eigenvalue weighted by atomic mass is 10.1. The largest absolute Gasteiger partial charge is 0.345 e. The van der Waals surface area contributed by atoms with Gasteiger partial charge in [-0.25, -0.2) is 0 Å². The average Bonchev–Trinajstić information content (AvgIpc) is 3.18. The Kier molecular flexibility index (Phi) is 4.07. The summed E-state index contributed by atoms with van der Waals surface area (Å²) in [6.45, 7) is 1.23. The third-order valence-corrected chi connectivity index (χ3v) is 4.22. The van der Waals surface area contributed by atoms with Crippen LogP contribution in [0.15, 0.2) is 28.7 Å². The SMILES string of the molecule is CN(CCc1ccc(Br)cc1)C(=O)C1(CN)CC1. The van der Waals surface area contributed by atoms with Crippen molar-refractivity contribution in [1.29, 1.82) is 0 Å². The van der Waals surface area contributed by atoms with Gasteiger partial charge in [-0.1, -0.05) is 28.1 Å². The van der Waals surface area contributed by atoms with E-state index in [4.69, 9.17) is 5.73 Å². The van der Waals surface area contributed by atoms with E-state index in [1.165, 1.54) is 5.56 Å². The molecule has 4 heteroatoms. The van der Waals surface area contributed by atoms with Gasteiger partial charge in [-0.2, -0.15) is 0 Å². The summed E-state index contributed by atoms with van der Waals surface area (Å²) in [6.07, 6.45) is 2.78. The first-order valence-electron chi connectivity index (χ1n) is 6.27. The Morgan fingerprint density at radius 2 is 2.00 bits per heavy atom. The van der Waals surface area contributed by atoms with Crippen molar-refractivity contribution in [2.24, 2.45) is 11.1 Å². The minimum absolute atomic E-state index is 0.210. The van der Waals surface area contributed by atoms with Crippen LogP contribution in [0.3, 0.4) is 0 Å². The summed E-state index contributed by atoms with van der Waals surface area (Å²) >= 11 is 3.41. The molecular formula is C14H19BrN2O. The molecule has 0 radical (unpaired) electrons. The Morgan fingerprint density at radius 1 is 1.39 bits per heavy atom. The van der Waals surface area contributed by atoms with Gasteiger partial charge in [0.2, 0.25) is 5.91 Å². The first-order valence-corrected chi connectivity index (χ1v) is 7.07. The van der Waals surface area contributed by atoms with Crippen molar-refractivity contribution in [2.75, 3.05) is 20.1 Å². The zero-order valence-electron chi connectivity index (χ0n) is 10.7. The number of nitrogens with zero attached hydrogens (tertiary/aromatic N) is 1. The fourth-order valence-electron chi connectivity index (χ4n) is 2.11. The molecule has 0 saturated heterocycles. The predicted molar refractivity (Wildman–Crippen MR) is 76.2 cm³/mol. The Balaban J connectivity index is 1.86. The van der Waals surface area contributed by atoms with Crippen LogP contribution < -0.4 is 5.73 Å². The van der Waals surface area contributed by atoms with Crippen molar-refractivity contribution in [3.8, 4) is 0 Å². The molecule has 1 saturated carbocycles. The van der Waals surface area contributed by atoms with Crippen LogP contribution >= 0.6 is 15.9 Å². The molecule has 3 nitrogen and oxygen atoms in total. The smallest absolute Gasteiger partial charge is 0.229 e. The number of hydrogen-bond acceptors (Lipinski definition) is 2. The van der Waals surface area contributed by atoms with Crippen molar-refractivity contribution < 1.29 is 4.79 Å². The van der Waals surface area contributed by atoms with E-state index in [-0.39, 0.29) is 11.3 Å². The number of benzene rings is 1. The monoisotopic (exact) mass is 310 g/mol. The second-order valence-corrected chi connectivity index (χ2v) is 6.00. The van der Waals surface area contributed by atoms with Gasteiger partial charge in [-0.3, -0.25) is 4.79 Å². The Hall–Kier alpha value is -0.870. The van der Waals surface area contributed by atoms with E-state index < -0.39 is 0 Å². The number of hydrogen-bond donors (Lipinski definition) is 1. The third-order valence-electron chi connectivity index (χ3n) is 3.69. The number of rotatable bonds is 5. The van der Waals surface area contributed by atoms with Gasteiger partial charge >= 0.3 is 0 Å². The minimum Gasteiger partial charge on any atom is -0.345 e. The lowest BCUT2D eigenvalue weighted by Gasteiger charge is -2.22. The van der Waals surface area contributed by atoms with E-state index >= 15 is 0 Å². The standard InChI is InChI=1S/C14H19BrN2O/c1-17(13(18)14(10-16)7-8-14)9-6-11-2-4-12(15)5-3-11/h2-5H,6-10,16H2,1H3. The van der Waals surface area contributed by atoms with Crippen molar-refractivity contribution in [3.63, 3.8) is 0 Å². The van der Waals surface area contributed by atoms with Crippen LogP contribution in [0.4, 0.5) is 0 Å². The van der Waals surface area contributed by atoms with E-state index in [0.29, 0.717) is 6.54 Å². The molecule has 1 aromatic rings. The molecule has 98 valence electrons. The number of carbonyl (C=O) groups is 1. The first-order chi connectivity index (χ1) is 8.57. The van der Waals surface area contributed by atoms with Crippen LogP contribution in [0.2, 0.25) is 0 Å². The molecule has 0 heterocycles. The number of halogens is 1. The second-order valence-electron chi connectivity index (χ2n) is 5.09. The van der Waals surface area contributed by atoms with Gasteiger partial charge in [0.1, 0.15) is 0 Å². The first kappa shape index (κ1) is 13.6. The van der Waals surface area contributed by atoms with E-state index in [1.807, 2.05) is 24.1 Å². The maximum absolute atomic E-state index is 12.2. The highest BCUT2D eigenvalue weighted by Gasteiger charge is 2.49. The molecule has 1 aromatic carbocycles. The molecule has 2 N–H and O–H groups in total. The quantitative estimate of drug-likeness (QED) is 0.906. The summed E-state index contributed by atoms with van der Waals surface area (Å²) in [7, 11) is 1.87. The van der Waals surface area contributed by atoms with Gasteiger partial charge in [0.05, 0.1) is 5.41 Å². The summed E-state index contributed by atoms with van der Waals surface area (Å²) < 4.78 is 1.08. The highest BCUT2D eigenvalue weighted by atomic mass is 79.9. The summed E-state index contributed by atoms with van der Waals surface area (Å²) in [6, 6.07) is 8.22. The molecule has 1 fully saturated rings. The molecule has 0 atom stereocenters. The summed E-state index contributed by atoms with van der Waals surface area (Å²) in [5.41, 5.74) is 6.70. The molecule has 18 heavy (non-hydrogen) atoms. The lowest BCUT2D eigenvalue weighted by Crippen LogP contribution is -2.39. The normalized spacial score (nSPS) is 16.4. The zero-order chi connectivity index (χ0) is 13.2. The highest BCUT2D eigenvalue weighted by Crippen LogP contribution is 2.45. The molecule has 0 unspecified atom stereocenters. The van der Waals surface area contributed by atoms with Gasteiger partial charge in [-0.05, 0) is 37.0 Å². The molecule has 0 spiro atoms. The fourth-order valence-corrected chi connectivity index (χ4v) is 2.37. The van der Waals surface area contributed by atoms with E-state index in [9.17, 15) is 4.79 Å². The number of likely N-dealkylation sites (N-methyl/N-ethyl adjacent to an activating group) is 1. The molecule has 1 aliphatic rings. The van der Waals surface area contributed by atoms with Gasteiger partial charge in [0.15, 0.2) is 0 Å². The minimum atomic E-state index is -0.228. The van der Waals surface area contributed by atoms with Crippen molar-refractivity contribution in [2.45, 2.75) is 19.3 Å². The third kappa shape index (κ3) is 2.93. The maximum atomic E-state index is 12.2. The summed E-state index contributed by atoms with van der Waals surface area (Å²) in [5, 5.41) is 0. The fraction of sp³-hybridized carbons (Fsp3) is 0.500. The summed E-state index contributed by atoms with van der Waals surface area (Å²) in [5.74, 6) is 0.210. The van der Waals surface area contributed by atoms with Crippen LogP contribution in [0, 0.1) is 5.41 Å². The number of amides is 1. The Labute approximate surface area is 116 Å². The van der Waals surface area contributed by atoms with E-state index in [0.717, 1.165) is 30.3 Å². The van der Waals surface area contributed by atoms with Crippen molar-refractivity contribution in [3.05, 3.63) is 34.3 Å². The highest BCUT2D eigenvalue weighted by molar-refractivity contribution is 9.10. The van der Waals surface area contributed by atoms with Crippen molar-refractivity contribution in [1.82, 2.24) is 4.90 Å². The molecule has 0 aliphatic heterocycles. The Bertz CT molecular complexity index is 426. The number of nitrogens with two attached hydrogens (primary N) is 1. The van der Waals surface area contributed by atoms with Crippen LogP contribution in [0.1, 0.15) is 18.4 Å². The van der Waals surface area contributed by atoms with Crippen LogP contribution in [-0.4, -0.2) is 30.9 Å². The van der Waals surface area contributed by atoms with Crippen LogP contribution in [-0.2, 0) is 11.2 Å². The van der Waals surface area contributed by atoms with Gasteiger partial charge < -0.3 is 10.6 Å². The predicted octanol–water partition coefficient (Wildman–Crippen LogP) is 2.19. The molecule has 1 aliphatic carbocycles. The maximum Gasteiger partial charge on any atom is 0.229 e. The zero-order valence-corrected chi connectivity index (χ0v) is 12.2. The van der Waals surface area contributed by atoms with Gasteiger partial charge in [0, 0.05) is 24.6 Å². The van der Waals surface area contributed by atoms with Gasteiger partial charge in [0.25, 0.3) is 0 Å². The summed E-state index contributed by atoms with van der Waals surface area (Å²) in [4.78, 5) is 14.0. The van der Waals surface area contributed by atoms with Crippen LogP contribution in [0.25, 0.3) is 0 Å².